The van der Waals surface area contributed by atoms with E-state index in [2.05, 4.69) is 9.72 Å². The fourth-order valence-corrected chi connectivity index (χ4v) is 2.61. The summed E-state index contributed by atoms with van der Waals surface area (Å²) in [4.78, 5) is 39.4. The van der Waals surface area contributed by atoms with E-state index in [0.29, 0.717) is 16.3 Å². The van der Waals surface area contributed by atoms with E-state index >= 15 is 0 Å². The standard InChI is InChI=1S/C11H14N4O4S/c1-13-7-8(12-10(13)20-5-6(16)19-4)14(2)11(18)15(3)9(7)17/h5H2,1-4H3. The number of aryl methyl sites for hydroxylation is 2. The van der Waals surface area contributed by atoms with Crippen LogP contribution in [0.5, 0.6) is 0 Å². The normalized spacial score (nSPS) is 11.0. The van der Waals surface area contributed by atoms with Gasteiger partial charge in [0, 0.05) is 21.1 Å². The Kier molecular flexibility index (Phi) is 3.71. The molecule has 0 aromatic carbocycles. The van der Waals surface area contributed by atoms with Crippen molar-refractivity contribution in [3.8, 4) is 0 Å². The summed E-state index contributed by atoms with van der Waals surface area (Å²) in [7, 11) is 5.93. The SMILES string of the molecule is COC(=O)CSc1nc2c(c(=O)n(C)c(=O)n2C)n1C. The summed E-state index contributed by atoms with van der Waals surface area (Å²) >= 11 is 1.15. The van der Waals surface area contributed by atoms with Crippen LogP contribution in [0.25, 0.3) is 11.2 Å². The molecule has 0 unspecified atom stereocenters. The number of methoxy groups -OCH3 is 1. The minimum Gasteiger partial charge on any atom is -0.468 e. The minimum atomic E-state index is -0.440. The number of fused-ring (bicyclic) bond motifs is 1. The van der Waals surface area contributed by atoms with Crippen LogP contribution in [0, 0.1) is 0 Å². The van der Waals surface area contributed by atoms with Gasteiger partial charge in [-0.05, 0) is 0 Å². The topological polar surface area (TPSA) is 88.1 Å². The molecule has 2 aromatic rings. The zero-order chi connectivity index (χ0) is 15.0. The van der Waals surface area contributed by atoms with Crippen molar-refractivity contribution < 1.29 is 9.53 Å². The Morgan fingerprint density at radius 1 is 1.20 bits per heavy atom. The molecule has 9 heteroatoms. The second kappa shape index (κ2) is 5.16. The first-order valence-electron chi connectivity index (χ1n) is 5.70. The predicted molar refractivity (Wildman–Crippen MR) is 73.9 cm³/mol. The number of hydrogen-bond donors (Lipinski definition) is 0. The molecule has 0 amide bonds. The summed E-state index contributed by atoms with van der Waals surface area (Å²) in [6.45, 7) is 0. The summed E-state index contributed by atoms with van der Waals surface area (Å²) in [5, 5.41) is 0.476. The van der Waals surface area contributed by atoms with E-state index < -0.39 is 11.2 Å². The molecule has 0 aliphatic rings. The van der Waals surface area contributed by atoms with Crippen molar-refractivity contribution in [2.24, 2.45) is 21.1 Å². The summed E-state index contributed by atoms with van der Waals surface area (Å²) in [6.07, 6.45) is 0. The van der Waals surface area contributed by atoms with Crippen LogP contribution in [0.4, 0.5) is 0 Å². The van der Waals surface area contributed by atoms with Gasteiger partial charge in [-0.2, -0.15) is 0 Å². The number of nitrogens with zero attached hydrogens (tertiary/aromatic N) is 4. The number of hydrogen-bond acceptors (Lipinski definition) is 6. The highest BCUT2D eigenvalue weighted by atomic mass is 32.2. The number of rotatable bonds is 3. The molecule has 2 aromatic heterocycles. The number of aromatic nitrogens is 4. The molecule has 20 heavy (non-hydrogen) atoms. The first kappa shape index (κ1) is 14.4. The third-order valence-electron chi connectivity index (χ3n) is 2.98. The van der Waals surface area contributed by atoms with Crippen LogP contribution in [-0.4, -0.2) is 37.5 Å². The molecule has 0 spiro atoms. The lowest BCUT2D eigenvalue weighted by Gasteiger charge is -2.03. The van der Waals surface area contributed by atoms with Gasteiger partial charge in [-0.3, -0.25) is 18.7 Å². The highest BCUT2D eigenvalue weighted by Gasteiger charge is 2.17. The first-order valence-corrected chi connectivity index (χ1v) is 6.69. The number of thioether (sulfide) groups is 1. The van der Waals surface area contributed by atoms with Gasteiger partial charge in [0.05, 0.1) is 12.9 Å². The lowest BCUT2D eigenvalue weighted by molar-refractivity contribution is -0.137. The van der Waals surface area contributed by atoms with Gasteiger partial charge >= 0.3 is 11.7 Å². The molecule has 0 bridgehead atoms. The largest absolute Gasteiger partial charge is 0.468 e. The maximum Gasteiger partial charge on any atom is 0.332 e. The van der Waals surface area contributed by atoms with E-state index in [1.54, 1.807) is 18.7 Å². The molecule has 8 nitrogen and oxygen atoms in total. The van der Waals surface area contributed by atoms with Gasteiger partial charge in [0.15, 0.2) is 16.3 Å². The lowest BCUT2D eigenvalue weighted by Crippen LogP contribution is -2.37. The van der Waals surface area contributed by atoms with Crippen molar-refractivity contribution >= 4 is 28.9 Å². The molecule has 2 heterocycles. The molecule has 0 radical (unpaired) electrons. The average Bonchev–Trinajstić information content (AvgIpc) is 2.77. The second-order valence-electron chi connectivity index (χ2n) is 4.20. The van der Waals surface area contributed by atoms with Gasteiger partial charge in [-0.25, -0.2) is 9.78 Å². The maximum absolute atomic E-state index is 12.1. The predicted octanol–water partition coefficient (Wildman–Crippen LogP) is -0.764. The summed E-state index contributed by atoms with van der Waals surface area (Å²) in [5.41, 5.74) is -0.233. The molecule has 0 saturated heterocycles. The number of imidazole rings is 1. The van der Waals surface area contributed by atoms with Crippen molar-refractivity contribution in [2.75, 3.05) is 12.9 Å². The van der Waals surface area contributed by atoms with Crippen molar-refractivity contribution in [1.82, 2.24) is 18.7 Å². The highest BCUT2D eigenvalue weighted by Crippen LogP contribution is 2.19. The maximum atomic E-state index is 12.1. The monoisotopic (exact) mass is 298 g/mol. The Morgan fingerprint density at radius 2 is 1.85 bits per heavy atom. The number of ether oxygens (including phenoxy) is 1. The van der Waals surface area contributed by atoms with E-state index in [0.717, 1.165) is 16.3 Å². The summed E-state index contributed by atoms with van der Waals surface area (Å²) < 4.78 is 8.46. The van der Waals surface area contributed by atoms with Crippen LogP contribution >= 0.6 is 11.8 Å². The van der Waals surface area contributed by atoms with Crippen LogP contribution in [0.3, 0.4) is 0 Å². The van der Waals surface area contributed by atoms with Crippen molar-refractivity contribution in [3.05, 3.63) is 20.8 Å². The zero-order valence-electron chi connectivity index (χ0n) is 11.5. The second-order valence-corrected chi connectivity index (χ2v) is 5.14. The van der Waals surface area contributed by atoms with Crippen molar-refractivity contribution in [1.29, 1.82) is 0 Å². The van der Waals surface area contributed by atoms with Crippen LogP contribution < -0.4 is 11.2 Å². The van der Waals surface area contributed by atoms with Crippen LogP contribution in [-0.2, 0) is 30.7 Å². The Balaban J connectivity index is 2.62. The molecule has 0 fully saturated rings. The highest BCUT2D eigenvalue weighted by molar-refractivity contribution is 7.99. The Hall–Kier alpha value is -2.03. The van der Waals surface area contributed by atoms with Gasteiger partial charge < -0.3 is 9.30 Å². The van der Waals surface area contributed by atoms with E-state index in [9.17, 15) is 14.4 Å². The lowest BCUT2D eigenvalue weighted by atomic mass is 10.5. The fraction of sp³-hybridized carbons (Fsp3) is 0.455. The third kappa shape index (κ3) is 2.13. The van der Waals surface area contributed by atoms with Crippen molar-refractivity contribution in [3.63, 3.8) is 0 Å². The van der Waals surface area contributed by atoms with Crippen LogP contribution in [0.2, 0.25) is 0 Å². The summed E-state index contributed by atoms with van der Waals surface area (Å²) in [5.74, 6) is -0.300. The fourth-order valence-electron chi connectivity index (χ4n) is 1.81. The van der Waals surface area contributed by atoms with Crippen LogP contribution in [0.1, 0.15) is 0 Å². The van der Waals surface area contributed by atoms with Gasteiger partial charge in [-0.1, -0.05) is 11.8 Å². The average molecular weight is 298 g/mol. The van der Waals surface area contributed by atoms with E-state index in [1.807, 2.05) is 0 Å². The zero-order valence-corrected chi connectivity index (χ0v) is 12.4. The molecule has 0 aliphatic heterocycles. The van der Waals surface area contributed by atoms with Crippen molar-refractivity contribution in [2.45, 2.75) is 5.16 Å². The quantitative estimate of drug-likeness (QED) is 0.546. The molecular formula is C11H14N4O4S. The van der Waals surface area contributed by atoms with E-state index in [4.69, 9.17) is 0 Å². The van der Waals surface area contributed by atoms with E-state index in [-0.39, 0.29) is 11.7 Å². The molecule has 0 saturated carbocycles. The molecule has 0 aliphatic carbocycles. The van der Waals surface area contributed by atoms with Gasteiger partial charge in [0.25, 0.3) is 5.56 Å². The molecule has 2 rings (SSSR count). The smallest absolute Gasteiger partial charge is 0.332 e. The van der Waals surface area contributed by atoms with E-state index in [1.165, 1.54) is 18.7 Å². The summed E-state index contributed by atoms with van der Waals surface area (Å²) in [6, 6.07) is 0. The molecule has 0 N–H and O–H groups in total. The first-order chi connectivity index (χ1) is 9.38. The van der Waals surface area contributed by atoms with Gasteiger partial charge in [-0.15, -0.1) is 0 Å². The van der Waals surface area contributed by atoms with Gasteiger partial charge in [0.1, 0.15) is 0 Å². The molecule has 108 valence electrons. The Labute approximate surface area is 118 Å². The molecular weight excluding hydrogens is 284 g/mol. The minimum absolute atomic E-state index is 0.0852. The third-order valence-corrected chi connectivity index (χ3v) is 3.98. The Bertz CT molecular complexity index is 801. The number of esters is 1. The Morgan fingerprint density at radius 3 is 2.45 bits per heavy atom. The molecule has 0 atom stereocenters. The number of carbonyl (C=O) groups is 1. The van der Waals surface area contributed by atoms with Crippen LogP contribution in [0.15, 0.2) is 14.7 Å². The van der Waals surface area contributed by atoms with Gasteiger partial charge in [0.2, 0.25) is 0 Å². The number of carbonyl (C=O) groups excluding carboxylic acids is 1.